The van der Waals surface area contributed by atoms with Crippen molar-refractivity contribution in [1.82, 2.24) is 0 Å². The zero-order valence-electron chi connectivity index (χ0n) is 15.8. The molecule has 136 valence electrons. The van der Waals surface area contributed by atoms with Gasteiger partial charge >= 0.3 is 0 Å². The third-order valence-electron chi connectivity index (χ3n) is 9.53. The van der Waals surface area contributed by atoms with Crippen LogP contribution in [-0.4, -0.2) is 19.3 Å². The summed E-state index contributed by atoms with van der Waals surface area (Å²) in [7, 11) is 1.83. The lowest BCUT2D eigenvalue weighted by Crippen LogP contribution is -2.54. The van der Waals surface area contributed by atoms with Crippen molar-refractivity contribution in [2.24, 2.45) is 40.9 Å². The number of rotatable bonds is 1. The lowest BCUT2D eigenvalue weighted by atomic mass is 9.49. The molecule has 25 heavy (non-hydrogen) atoms. The zero-order valence-corrected chi connectivity index (χ0v) is 15.8. The molecule has 4 fully saturated rings. The van der Waals surface area contributed by atoms with Gasteiger partial charge in [0.2, 0.25) is 0 Å². The van der Waals surface area contributed by atoms with E-state index < -0.39 is 0 Å². The second-order valence-electron chi connectivity index (χ2n) is 10.1. The molecule has 6 aliphatic rings. The molecule has 1 saturated heterocycles. The topological polar surface area (TPSA) is 18.5 Å². The Hall–Kier alpha value is -0.760. The SMILES string of the molecule is COC1=CC2=CCC3C(CC[C@@]4(C)C3C3CC3[C@@]43CCCO3)C2CC1. The van der Waals surface area contributed by atoms with Crippen molar-refractivity contribution < 1.29 is 9.47 Å². The molecule has 0 amide bonds. The number of hydrogen-bond donors (Lipinski definition) is 0. The smallest absolute Gasteiger partial charge is 0.0958 e. The molecule has 0 aromatic rings. The number of allylic oxidation sites excluding steroid dienone is 4. The zero-order chi connectivity index (χ0) is 16.8. The lowest BCUT2D eigenvalue weighted by molar-refractivity contribution is -0.144. The van der Waals surface area contributed by atoms with E-state index in [2.05, 4.69) is 19.1 Å². The number of fused-ring (bicyclic) bond motifs is 9. The normalized spacial score (nSPS) is 55.6. The highest BCUT2D eigenvalue weighted by Gasteiger charge is 2.76. The van der Waals surface area contributed by atoms with Gasteiger partial charge in [-0.25, -0.2) is 0 Å². The Labute approximate surface area is 152 Å². The van der Waals surface area contributed by atoms with E-state index in [0.29, 0.717) is 5.41 Å². The minimum absolute atomic E-state index is 0.271. The summed E-state index contributed by atoms with van der Waals surface area (Å²) in [6.45, 7) is 3.66. The first kappa shape index (κ1) is 15.3. The molecule has 2 nitrogen and oxygen atoms in total. The maximum atomic E-state index is 6.60. The quantitative estimate of drug-likeness (QED) is 0.661. The second kappa shape index (κ2) is 4.94. The fourth-order valence-corrected chi connectivity index (χ4v) is 8.60. The van der Waals surface area contributed by atoms with Crippen LogP contribution in [0.3, 0.4) is 0 Å². The summed E-state index contributed by atoms with van der Waals surface area (Å²) in [4.78, 5) is 0. The van der Waals surface area contributed by atoms with E-state index in [0.717, 1.165) is 48.5 Å². The molecule has 6 unspecified atom stereocenters. The van der Waals surface area contributed by atoms with Crippen LogP contribution in [0.25, 0.3) is 0 Å². The van der Waals surface area contributed by atoms with E-state index in [4.69, 9.17) is 9.47 Å². The molecular weight excluding hydrogens is 308 g/mol. The minimum atomic E-state index is 0.271. The third kappa shape index (κ3) is 1.76. The molecule has 0 bridgehead atoms. The van der Waals surface area contributed by atoms with Gasteiger partial charge in [-0.05, 0) is 92.1 Å². The van der Waals surface area contributed by atoms with Crippen LogP contribution in [0.5, 0.6) is 0 Å². The fraction of sp³-hybridized carbons (Fsp3) is 0.826. The van der Waals surface area contributed by atoms with Gasteiger partial charge in [-0.15, -0.1) is 0 Å². The Balaban J connectivity index is 1.36. The number of ether oxygens (including phenoxy) is 2. The van der Waals surface area contributed by atoms with Gasteiger partial charge in [0, 0.05) is 18.4 Å². The molecular formula is C23H32O2. The molecule has 5 aliphatic carbocycles. The average Bonchev–Trinajstić information content (AvgIpc) is 3.20. The fourth-order valence-electron chi connectivity index (χ4n) is 8.60. The van der Waals surface area contributed by atoms with Crippen LogP contribution in [-0.2, 0) is 9.47 Å². The minimum Gasteiger partial charge on any atom is -0.501 e. The first-order chi connectivity index (χ1) is 12.2. The standard InChI is InChI=1S/C23H32O2/c1-22-10-8-17-16-7-5-15(24-2)12-14(16)4-6-18(17)21(22)19-13-20(19)23(22)9-3-11-25-23/h4,12,16-21H,3,5-11,13H2,1-2H3/t16?,17?,18?,19?,20?,21?,22-,23-/m0/s1. The van der Waals surface area contributed by atoms with E-state index in [1.807, 2.05) is 7.11 Å². The van der Waals surface area contributed by atoms with Crippen molar-refractivity contribution in [2.75, 3.05) is 13.7 Å². The van der Waals surface area contributed by atoms with Gasteiger partial charge in [0.1, 0.15) is 0 Å². The van der Waals surface area contributed by atoms with Crippen molar-refractivity contribution >= 4 is 0 Å². The first-order valence-corrected chi connectivity index (χ1v) is 10.8. The summed E-state index contributed by atoms with van der Waals surface area (Å²) in [6, 6.07) is 0. The van der Waals surface area contributed by atoms with Crippen molar-refractivity contribution in [2.45, 2.75) is 63.9 Å². The first-order valence-electron chi connectivity index (χ1n) is 10.8. The summed E-state index contributed by atoms with van der Waals surface area (Å²) in [5.41, 5.74) is 2.34. The molecule has 1 heterocycles. The monoisotopic (exact) mass is 340 g/mol. The van der Waals surface area contributed by atoms with Crippen molar-refractivity contribution in [3.63, 3.8) is 0 Å². The summed E-state index contributed by atoms with van der Waals surface area (Å²) in [5.74, 6) is 6.66. The lowest BCUT2D eigenvalue weighted by Gasteiger charge is -2.57. The molecule has 2 heteroatoms. The second-order valence-corrected chi connectivity index (χ2v) is 10.1. The van der Waals surface area contributed by atoms with Gasteiger partial charge in [-0.2, -0.15) is 0 Å². The predicted octanol–water partition coefficient (Wildman–Crippen LogP) is 5.10. The van der Waals surface area contributed by atoms with Crippen LogP contribution in [0.1, 0.15) is 58.3 Å². The molecule has 8 atom stereocenters. The van der Waals surface area contributed by atoms with E-state index in [-0.39, 0.29) is 5.60 Å². The number of methoxy groups -OCH3 is 1. The van der Waals surface area contributed by atoms with E-state index in [1.165, 1.54) is 50.7 Å². The summed E-state index contributed by atoms with van der Waals surface area (Å²) in [5, 5.41) is 0. The molecule has 0 N–H and O–H groups in total. The van der Waals surface area contributed by atoms with Gasteiger partial charge < -0.3 is 9.47 Å². The Kier molecular flexibility index (Phi) is 3.03. The highest BCUT2D eigenvalue weighted by Crippen LogP contribution is 2.78. The maximum absolute atomic E-state index is 6.60. The predicted molar refractivity (Wildman–Crippen MR) is 97.8 cm³/mol. The molecule has 0 aromatic carbocycles. The Bertz CT molecular complexity index is 655. The van der Waals surface area contributed by atoms with Crippen molar-refractivity contribution in [1.29, 1.82) is 0 Å². The van der Waals surface area contributed by atoms with Crippen LogP contribution in [0.2, 0.25) is 0 Å². The summed E-state index contributed by atoms with van der Waals surface area (Å²) >= 11 is 0. The molecule has 0 radical (unpaired) electrons. The van der Waals surface area contributed by atoms with Gasteiger partial charge in [0.15, 0.2) is 0 Å². The Morgan fingerprint density at radius 3 is 2.88 bits per heavy atom. The highest BCUT2D eigenvalue weighted by atomic mass is 16.5. The third-order valence-corrected chi connectivity index (χ3v) is 9.53. The van der Waals surface area contributed by atoms with E-state index in [9.17, 15) is 0 Å². The molecule has 1 spiro atoms. The van der Waals surface area contributed by atoms with E-state index >= 15 is 0 Å². The van der Waals surface area contributed by atoms with Crippen LogP contribution in [0.15, 0.2) is 23.5 Å². The van der Waals surface area contributed by atoms with Crippen LogP contribution in [0.4, 0.5) is 0 Å². The molecule has 6 rings (SSSR count). The summed E-state index contributed by atoms with van der Waals surface area (Å²) < 4.78 is 12.2. The Morgan fingerprint density at radius 2 is 2.08 bits per heavy atom. The van der Waals surface area contributed by atoms with Crippen molar-refractivity contribution in [3.05, 3.63) is 23.5 Å². The molecule has 3 saturated carbocycles. The van der Waals surface area contributed by atoms with Crippen molar-refractivity contribution in [3.8, 4) is 0 Å². The van der Waals surface area contributed by atoms with Crippen LogP contribution >= 0.6 is 0 Å². The molecule has 0 aromatic heterocycles. The molecule has 1 aliphatic heterocycles. The largest absolute Gasteiger partial charge is 0.501 e. The van der Waals surface area contributed by atoms with Crippen LogP contribution < -0.4 is 0 Å². The summed E-state index contributed by atoms with van der Waals surface area (Å²) in [6.07, 6.45) is 15.7. The van der Waals surface area contributed by atoms with Crippen LogP contribution in [0, 0.1) is 40.9 Å². The van der Waals surface area contributed by atoms with E-state index in [1.54, 1.807) is 5.57 Å². The highest BCUT2D eigenvalue weighted by molar-refractivity contribution is 5.33. The Morgan fingerprint density at radius 1 is 1.16 bits per heavy atom. The van der Waals surface area contributed by atoms with Gasteiger partial charge in [0.05, 0.1) is 18.5 Å². The number of hydrogen-bond acceptors (Lipinski definition) is 2. The van der Waals surface area contributed by atoms with Gasteiger partial charge in [-0.3, -0.25) is 0 Å². The van der Waals surface area contributed by atoms with Gasteiger partial charge in [0.25, 0.3) is 0 Å². The maximum Gasteiger partial charge on any atom is 0.0958 e. The van der Waals surface area contributed by atoms with Gasteiger partial charge in [-0.1, -0.05) is 13.0 Å². The average molecular weight is 341 g/mol.